The van der Waals surface area contributed by atoms with Crippen LogP contribution in [0.1, 0.15) is 12.0 Å². The summed E-state index contributed by atoms with van der Waals surface area (Å²) >= 11 is 1.24. The molecule has 100 valence electrons. The van der Waals surface area contributed by atoms with Crippen LogP contribution in [0.25, 0.3) is 10.4 Å². The average molecular weight is 285 g/mol. The van der Waals surface area contributed by atoms with Gasteiger partial charge in [-0.2, -0.15) is 10.4 Å². The Kier molecular flexibility index (Phi) is 4.47. The maximum atomic E-state index is 11.0. The van der Waals surface area contributed by atoms with Crippen LogP contribution in [0.4, 0.5) is 0 Å². The van der Waals surface area contributed by atoms with Crippen molar-refractivity contribution in [3.05, 3.63) is 42.0 Å². The van der Waals surface area contributed by atoms with Gasteiger partial charge in [0.1, 0.15) is 6.42 Å². The third-order valence-electron chi connectivity index (χ3n) is 2.43. The van der Waals surface area contributed by atoms with Crippen LogP contribution in [-0.4, -0.2) is 17.2 Å². The zero-order valence-electron chi connectivity index (χ0n) is 10.4. The highest BCUT2D eigenvalue weighted by Crippen LogP contribution is 2.35. The number of thiophene rings is 1. The van der Waals surface area contributed by atoms with Crippen LogP contribution in [0, 0.1) is 11.3 Å². The Labute approximate surface area is 119 Å². The molecule has 2 aromatic rings. The maximum Gasteiger partial charge on any atom is 0.254 e. The molecular formula is C14H11N3O2S. The van der Waals surface area contributed by atoms with E-state index in [2.05, 4.69) is 10.5 Å². The van der Waals surface area contributed by atoms with Crippen molar-refractivity contribution in [2.24, 2.45) is 5.10 Å². The molecule has 0 radical (unpaired) electrons. The molecule has 2 rings (SSSR count). The number of hydrogen-bond acceptors (Lipinski definition) is 5. The van der Waals surface area contributed by atoms with E-state index >= 15 is 0 Å². The SMILES string of the molecule is N#CCC(=O)N/N=C/c1cc(-c2ccccc2)sc1O. The third-order valence-corrected chi connectivity index (χ3v) is 3.43. The van der Waals surface area contributed by atoms with Crippen LogP contribution in [0.5, 0.6) is 5.06 Å². The number of hydrogen-bond donors (Lipinski definition) is 2. The van der Waals surface area contributed by atoms with E-state index < -0.39 is 5.91 Å². The molecule has 6 heteroatoms. The minimum absolute atomic E-state index is 0.127. The highest BCUT2D eigenvalue weighted by molar-refractivity contribution is 7.17. The lowest BCUT2D eigenvalue weighted by Gasteiger charge is -1.93. The number of hydrazone groups is 1. The Hall–Kier alpha value is -2.65. The number of amides is 1. The molecule has 1 heterocycles. The number of carbonyl (C=O) groups is 1. The largest absolute Gasteiger partial charge is 0.499 e. The number of nitrogens with zero attached hydrogens (tertiary/aromatic N) is 2. The summed E-state index contributed by atoms with van der Waals surface area (Å²) in [5.41, 5.74) is 3.73. The Morgan fingerprint density at radius 3 is 2.90 bits per heavy atom. The minimum atomic E-state index is -0.484. The molecule has 0 bridgehead atoms. The van der Waals surface area contributed by atoms with Crippen LogP contribution >= 0.6 is 11.3 Å². The van der Waals surface area contributed by atoms with Gasteiger partial charge < -0.3 is 5.11 Å². The predicted molar refractivity (Wildman–Crippen MR) is 77.4 cm³/mol. The van der Waals surface area contributed by atoms with Gasteiger partial charge >= 0.3 is 0 Å². The van der Waals surface area contributed by atoms with E-state index in [9.17, 15) is 9.90 Å². The second kappa shape index (κ2) is 6.50. The molecule has 0 saturated heterocycles. The Morgan fingerprint density at radius 2 is 2.20 bits per heavy atom. The van der Waals surface area contributed by atoms with Crippen LogP contribution in [0.15, 0.2) is 41.5 Å². The van der Waals surface area contributed by atoms with Gasteiger partial charge in [-0.1, -0.05) is 41.7 Å². The van der Waals surface area contributed by atoms with Gasteiger partial charge in [0, 0.05) is 10.4 Å². The topological polar surface area (TPSA) is 85.5 Å². The standard InChI is InChI=1S/C14H11N3O2S/c15-7-6-13(18)17-16-9-11-8-12(20-14(11)19)10-4-2-1-3-5-10/h1-5,8-9,19H,6H2,(H,17,18)/b16-9+. The van der Waals surface area contributed by atoms with E-state index in [1.165, 1.54) is 17.6 Å². The molecule has 5 nitrogen and oxygen atoms in total. The molecule has 20 heavy (non-hydrogen) atoms. The molecule has 2 N–H and O–H groups in total. The maximum absolute atomic E-state index is 11.0. The number of carbonyl (C=O) groups excluding carboxylic acids is 1. The molecule has 0 unspecified atom stereocenters. The van der Waals surface area contributed by atoms with Crippen molar-refractivity contribution < 1.29 is 9.90 Å². The first-order valence-electron chi connectivity index (χ1n) is 5.78. The monoisotopic (exact) mass is 285 g/mol. The summed E-state index contributed by atoms with van der Waals surface area (Å²) in [6.07, 6.45) is 1.11. The molecular weight excluding hydrogens is 274 g/mol. The minimum Gasteiger partial charge on any atom is -0.499 e. The highest BCUT2D eigenvalue weighted by Gasteiger charge is 2.07. The van der Waals surface area contributed by atoms with Crippen molar-refractivity contribution in [1.82, 2.24) is 5.43 Å². The van der Waals surface area contributed by atoms with Crippen molar-refractivity contribution >= 4 is 23.5 Å². The van der Waals surface area contributed by atoms with Crippen molar-refractivity contribution in [1.29, 1.82) is 5.26 Å². The molecule has 0 spiro atoms. The predicted octanol–water partition coefficient (Wildman–Crippen LogP) is 2.48. The Bertz CT molecular complexity index is 671. The Balaban J connectivity index is 2.11. The summed E-state index contributed by atoms with van der Waals surface area (Å²) in [6, 6.07) is 13.2. The summed E-state index contributed by atoms with van der Waals surface area (Å²) < 4.78 is 0. The number of benzene rings is 1. The van der Waals surface area contributed by atoms with Gasteiger partial charge in [-0.25, -0.2) is 5.43 Å². The van der Waals surface area contributed by atoms with E-state index in [-0.39, 0.29) is 11.5 Å². The van der Waals surface area contributed by atoms with Crippen molar-refractivity contribution in [3.63, 3.8) is 0 Å². The average Bonchev–Trinajstić information content (AvgIpc) is 2.82. The fourth-order valence-corrected chi connectivity index (χ4v) is 2.40. The molecule has 0 aliphatic rings. The molecule has 1 aromatic carbocycles. The van der Waals surface area contributed by atoms with Gasteiger partial charge in [-0.05, 0) is 11.6 Å². The third kappa shape index (κ3) is 3.43. The molecule has 0 aliphatic carbocycles. The van der Waals surface area contributed by atoms with Crippen LogP contribution in [0.2, 0.25) is 0 Å². The summed E-state index contributed by atoms with van der Waals surface area (Å²) in [5, 5.41) is 22.0. The van der Waals surface area contributed by atoms with Crippen molar-refractivity contribution in [3.8, 4) is 21.6 Å². The zero-order valence-corrected chi connectivity index (χ0v) is 11.2. The summed E-state index contributed by atoms with van der Waals surface area (Å²) in [4.78, 5) is 11.9. The zero-order chi connectivity index (χ0) is 14.4. The number of nitriles is 1. The fraction of sp³-hybridized carbons (Fsp3) is 0.0714. The van der Waals surface area contributed by atoms with Crippen LogP contribution in [-0.2, 0) is 4.79 Å². The first-order valence-corrected chi connectivity index (χ1v) is 6.59. The first-order chi connectivity index (χ1) is 9.70. The number of nitrogens with one attached hydrogen (secondary N) is 1. The summed E-state index contributed by atoms with van der Waals surface area (Å²) in [5.74, 6) is -0.484. The lowest BCUT2D eigenvalue weighted by Crippen LogP contribution is -2.16. The van der Waals surface area contributed by atoms with Gasteiger partial charge in [-0.15, -0.1) is 0 Å². The van der Waals surface area contributed by atoms with Crippen LogP contribution in [0.3, 0.4) is 0 Å². The Morgan fingerprint density at radius 1 is 1.45 bits per heavy atom. The molecule has 0 saturated carbocycles. The second-order valence-electron chi connectivity index (χ2n) is 3.87. The van der Waals surface area contributed by atoms with Gasteiger partial charge in [0.15, 0.2) is 5.06 Å². The van der Waals surface area contributed by atoms with E-state index in [0.29, 0.717) is 5.56 Å². The number of aromatic hydroxyl groups is 1. The second-order valence-corrected chi connectivity index (χ2v) is 4.90. The highest BCUT2D eigenvalue weighted by atomic mass is 32.1. The number of rotatable bonds is 4. The summed E-state index contributed by atoms with van der Waals surface area (Å²) in [6.45, 7) is 0. The van der Waals surface area contributed by atoms with Crippen LogP contribution < -0.4 is 5.43 Å². The molecule has 1 amide bonds. The van der Waals surface area contributed by atoms with Gasteiger partial charge in [-0.3, -0.25) is 4.79 Å². The van der Waals surface area contributed by atoms with Crippen molar-refractivity contribution in [2.75, 3.05) is 0 Å². The van der Waals surface area contributed by atoms with Gasteiger partial charge in [0.25, 0.3) is 5.91 Å². The molecule has 0 fully saturated rings. The van der Waals surface area contributed by atoms with E-state index in [0.717, 1.165) is 10.4 Å². The fourth-order valence-electron chi connectivity index (χ4n) is 1.52. The normalized spacial score (nSPS) is 10.3. The van der Waals surface area contributed by atoms with E-state index in [1.807, 2.05) is 30.3 Å². The molecule has 0 atom stereocenters. The van der Waals surface area contributed by atoms with Gasteiger partial charge in [0.05, 0.1) is 12.3 Å². The lowest BCUT2D eigenvalue weighted by atomic mass is 10.2. The molecule has 0 aliphatic heterocycles. The van der Waals surface area contributed by atoms with E-state index in [4.69, 9.17) is 5.26 Å². The summed E-state index contributed by atoms with van der Waals surface area (Å²) in [7, 11) is 0. The quantitative estimate of drug-likeness (QED) is 0.668. The lowest BCUT2D eigenvalue weighted by molar-refractivity contribution is -0.120. The van der Waals surface area contributed by atoms with Gasteiger partial charge in [0.2, 0.25) is 0 Å². The smallest absolute Gasteiger partial charge is 0.254 e. The van der Waals surface area contributed by atoms with Crippen molar-refractivity contribution in [2.45, 2.75) is 6.42 Å². The molecule has 1 aromatic heterocycles. The van der Waals surface area contributed by atoms with E-state index in [1.54, 1.807) is 12.1 Å². The first kappa shape index (κ1) is 13.8.